The van der Waals surface area contributed by atoms with E-state index in [9.17, 15) is 4.79 Å². The molecule has 15 heavy (non-hydrogen) atoms. The second kappa shape index (κ2) is 4.00. The Morgan fingerprint density at radius 1 is 1.40 bits per heavy atom. The molecule has 0 heterocycles. The van der Waals surface area contributed by atoms with Gasteiger partial charge in [-0.2, -0.15) is 0 Å². The van der Waals surface area contributed by atoms with Gasteiger partial charge in [-0.25, -0.2) is 4.79 Å². The highest BCUT2D eigenvalue weighted by molar-refractivity contribution is 5.67. The smallest absolute Gasteiger partial charge is 0.407 e. The predicted octanol–water partition coefficient (Wildman–Crippen LogP) is 1.39. The summed E-state index contributed by atoms with van der Waals surface area (Å²) in [6.07, 6.45) is 6.50. The lowest BCUT2D eigenvalue weighted by atomic mass is 9.78. The van der Waals surface area contributed by atoms with Gasteiger partial charge < -0.3 is 15.8 Å². The molecule has 0 bridgehead atoms. The first-order valence-corrected chi connectivity index (χ1v) is 5.79. The molecule has 2 atom stereocenters. The summed E-state index contributed by atoms with van der Waals surface area (Å²) in [5.41, 5.74) is 6.24. The van der Waals surface area contributed by atoms with E-state index in [0.29, 0.717) is 5.92 Å². The van der Waals surface area contributed by atoms with Crippen LogP contribution in [0.15, 0.2) is 0 Å². The number of amides is 1. The topological polar surface area (TPSA) is 64.3 Å². The fourth-order valence-corrected chi connectivity index (χ4v) is 2.72. The van der Waals surface area contributed by atoms with Crippen LogP contribution < -0.4 is 11.1 Å². The molecule has 2 saturated carbocycles. The van der Waals surface area contributed by atoms with Crippen molar-refractivity contribution < 1.29 is 9.53 Å². The van der Waals surface area contributed by atoms with E-state index in [-0.39, 0.29) is 17.7 Å². The number of hydrogen-bond donors (Lipinski definition) is 2. The van der Waals surface area contributed by atoms with Gasteiger partial charge in [-0.3, -0.25) is 0 Å². The molecule has 0 aromatic rings. The van der Waals surface area contributed by atoms with E-state index >= 15 is 0 Å². The molecule has 0 aromatic heterocycles. The van der Waals surface area contributed by atoms with Crippen molar-refractivity contribution in [2.24, 2.45) is 11.7 Å². The number of alkyl carbamates (subject to hydrolysis) is 1. The summed E-state index contributed by atoms with van der Waals surface area (Å²) in [4.78, 5) is 11.2. The van der Waals surface area contributed by atoms with Crippen LogP contribution in [-0.2, 0) is 4.74 Å². The number of nitrogens with two attached hydrogens (primary N) is 1. The summed E-state index contributed by atoms with van der Waals surface area (Å²) in [6.45, 7) is 0. The van der Waals surface area contributed by atoms with Gasteiger partial charge in [-0.15, -0.1) is 0 Å². The Morgan fingerprint density at radius 3 is 2.67 bits per heavy atom. The van der Waals surface area contributed by atoms with Crippen LogP contribution in [0.2, 0.25) is 0 Å². The fraction of sp³-hybridized carbons (Fsp3) is 0.909. The summed E-state index contributed by atoms with van der Waals surface area (Å²) >= 11 is 0. The number of nitrogens with one attached hydrogen (secondary N) is 1. The lowest BCUT2D eigenvalue weighted by Gasteiger charge is -2.35. The Hall–Kier alpha value is -0.770. The quantitative estimate of drug-likeness (QED) is 0.727. The minimum Gasteiger partial charge on any atom is -0.453 e. The Balaban J connectivity index is 1.96. The Morgan fingerprint density at radius 2 is 2.07 bits per heavy atom. The van der Waals surface area contributed by atoms with Crippen molar-refractivity contribution in [1.29, 1.82) is 0 Å². The maximum atomic E-state index is 11.2. The molecule has 1 amide bonds. The summed E-state index contributed by atoms with van der Waals surface area (Å²) in [5, 5.41) is 2.92. The molecule has 2 unspecified atom stereocenters. The zero-order chi connectivity index (χ0) is 10.9. The highest BCUT2D eigenvalue weighted by atomic mass is 16.5. The molecular weight excluding hydrogens is 192 g/mol. The zero-order valence-electron chi connectivity index (χ0n) is 9.29. The third kappa shape index (κ3) is 2.25. The minimum absolute atomic E-state index is 0.00606. The van der Waals surface area contributed by atoms with E-state index < -0.39 is 0 Å². The first-order valence-electron chi connectivity index (χ1n) is 5.79. The molecular formula is C11H20N2O2. The fourth-order valence-electron chi connectivity index (χ4n) is 2.72. The number of carbonyl (C=O) groups is 1. The van der Waals surface area contributed by atoms with Gasteiger partial charge in [0, 0.05) is 11.6 Å². The van der Waals surface area contributed by atoms with E-state index in [1.54, 1.807) is 0 Å². The predicted molar refractivity (Wildman–Crippen MR) is 57.4 cm³/mol. The van der Waals surface area contributed by atoms with Gasteiger partial charge in [0.25, 0.3) is 0 Å². The first kappa shape index (κ1) is 10.7. The SMILES string of the molecule is COC(=O)NC1CCCCC1C1(N)CC1. The van der Waals surface area contributed by atoms with E-state index in [1.165, 1.54) is 20.0 Å². The van der Waals surface area contributed by atoms with Crippen molar-refractivity contribution in [2.75, 3.05) is 7.11 Å². The van der Waals surface area contributed by atoms with Gasteiger partial charge in [-0.1, -0.05) is 12.8 Å². The molecule has 4 heteroatoms. The summed E-state index contributed by atoms with van der Waals surface area (Å²) < 4.78 is 4.64. The van der Waals surface area contributed by atoms with Crippen LogP contribution in [0.4, 0.5) is 4.79 Å². The van der Waals surface area contributed by atoms with Crippen LogP contribution in [-0.4, -0.2) is 24.8 Å². The van der Waals surface area contributed by atoms with E-state index in [2.05, 4.69) is 10.1 Å². The van der Waals surface area contributed by atoms with Crippen LogP contribution in [0, 0.1) is 5.92 Å². The van der Waals surface area contributed by atoms with Crippen molar-refractivity contribution in [1.82, 2.24) is 5.32 Å². The van der Waals surface area contributed by atoms with Crippen LogP contribution in [0.3, 0.4) is 0 Å². The van der Waals surface area contributed by atoms with E-state index in [1.807, 2.05) is 0 Å². The van der Waals surface area contributed by atoms with Crippen LogP contribution >= 0.6 is 0 Å². The van der Waals surface area contributed by atoms with Gasteiger partial charge >= 0.3 is 6.09 Å². The highest BCUT2D eigenvalue weighted by Gasteiger charge is 2.49. The molecule has 0 saturated heterocycles. The highest BCUT2D eigenvalue weighted by Crippen LogP contribution is 2.46. The summed E-state index contributed by atoms with van der Waals surface area (Å²) in [7, 11) is 1.41. The largest absolute Gasteiger partial charge is 0.453 e. The van der Waals surface area contributed by atoms with Crippen LogP contribution in [0.1, 0.15) is 38.5 Å². The van der Waals surface area contributed by atoms with Gasteiger partial charge in [-0.05, 0) is 31.6 Å². The second-order valence-corrected chi connectivity index (χ2v) is 4.87. The van der Waals surface area contributed by atoms with E-state index in [0.717, 1.165) is 25.7 Å². The molecule has 2 aliphatic carbocycles. The van der Waals surface area contributed by atoms with Crippen molar-refractivity contribution in [3.05, 3.63) is 0 Å². The number of rotatable bonds is 2. The minimum atomic E-state index is -0.323. The molecule has 0 aliphatic heterocycles. The van der Waals surface area contributed by atoms with Gasteiger partial charge in [0.2, 0.25) is 0 Å². The van der Waals surface area contributed by atoms with Crippen molar-refractivity contribution in [3.8, 4) is 0 Å². The molecule has 3 N–H and O–H groups in total. The van der Waals surface area contributed by atoms with Crippen LogP contribution in [0.5, 0.6) is 0 Å². The molecule has 2 aliphatic rings. The molecule has 0 radical (unpaired) electrons. The second-order valence-electron chi connectivity index (χ2n) is 4.87. The van der Waals surface area contributed by atoms with E-state index in [4.69, 9.17) is 5.73 Å². The van der Waals surface area contributed by atoms with Gasteiger partial charge in [0.1, 0.15) is 0 Å². The van der Waals surface area contributed by atoms with Gasteiger partial charge in [0.15, 0.2) is 0 Å². The molecule has 86 valence electrons. The van der Waals surface area contributed by atoms with Crippen LogP contribution in [0.25, 0.3) is 0 Å². The maximum absolute atomic E-state index is 11.2. The lowest BCUT2D eigenvalue weighted by molar-refractivity contribution is 0.148. The third-order valence-corrected chi connectivity index (χ3v) is 3.82. The molecule has 0 spiro atoms. The average molecular weight is 212 g/mol. The molecule has 2 fully saturated rings. The number of hydrogen-bond acceptors (Lipinski definition) is 3. The maximum Gasteiger partial charge on any atom is 0.407 e. The molecule has 0 aromatic carbocycles. The Labute approximate surface area is 90.5 Å². The lowest BCUT2D eigenvalue weighted by Crippen LogP contribution is -2.50. The van der Waals surface area contributed by atoms with Crippen molar-refractivity contribution >= 4 is 6.09 Å². The standard InChI is InChI=1S/C11H20N2O2/c1-15-10(14)13-9-5-3-2-4-8(9)11(12)6-7-11/h8-9H,2-7,12H2,1H3,(H,13,14). The Kier molecular flexibility index (Phi) is 2.87. The van der Waals surface area contributed by atoms with Crippen molar-refractivity contribution in [2.45, 2.75) is 50.1 Å². The van der Waals surface area contributed by atoms with Crippen molar-refractivity contribution in [3.63, 3.8) is 0 Å². The summed E-state index contributed by atoms with van der Waals surface area (Å²) in [5.74, 6) is 0.449. The summed E-state index contributed by atoms with van der Waals surface area (Å²) in [6, 6.07) is 0.221. The average Bonchev–Trinajstić information content (AvgIpc) is 2.98. The zero-order valence-corrected chi connectivity index (χ0v) is 9.29. The number of methoxy groups -OCH3 is 1. The Bertz CT molecular complexity index is 251. The number of carbonyl (C=O) groups excluding carboxylic acids is 1. The molecule has 4 nitrogen and oxygen atoms in total. The third-order valence-electron chi connectivity index (χ3n) is 3.82. The number of ether oxygens (including phenoxy) is 1. The monoisotopic (exact) mass is 212 g/mol. The normalized spacial score (nSPS) is 33.2. The molecule has 2 rings (SSSR count). The first-order chi connectivity index (χ1) is 7.15. The van der Waals surface area contributed by atoms with Gasteiger partial charge in [0.05, 0.1) is 7.11 Å².